The van der Waals surface area contributed by atoms with Crippen LogP contribution in [-0.4, -0.2) is 28.0 Å². The Bertz CT molecular complexity index is 341. The third-order valence-corrected chi connectivity index (χ3v) is 4.33. The van der Waals surface area contributed by atoms with Gasteiger partial charge in [-0.05, 0) is 25.6 Å². The standard InChI is InChI=1S/C13H24ClN3S/c1-4-5-6-12-16-11(13(14)17-12)9-15-8-7-10(2)18-3/h10,15H,4-9H2,1-3H3,(H,16,17). The maximum absolute atomic E-state index is 6.11. The molecule has 1 atom stereocenters. The van der Waals surface area contributed by atoms with E-state index in [0.717, 1.165) is 37.4 Å². The zero-order valence-electron chi connectivity index (χ0n) is 11.6. The number of hydrogen-bond donors (Lipinski definition) is 2. The van der Waals surface area contributed by atoms with Gasteiger partial charge in [-0.2, -0.15) is 11.8 Å². The highest BCUT2D eigenvalue weighted by Crippen LogP contribution is 2.14. The fourth-order valence-corrected chi connectivity index (χ4v) is 2.23. The van der Waals surface area contributed by atoms with Gasteiger partial charge in [-0.1, -0.05) is 31.9 Å². The number of nitrogens with one attached hydrogen (secondary N) is 2. The van der Waals surface area contributed by atoms with E-state index in [1.807, 2.05) is 11.8 Å². The number of hydrogen-bond acceptors (Lipinski definition) is 3. The molecule has 0 saturated carbocycles. The Hall–Kier alpha value is -0.190. The van der Waals surface area contributed by atoms with E-state index in [9.17, 15) is 0 Å². The Morgan fingerprint density at radius 1 is 1.50 bits per heavy atom. The van der Waals surface area contributed by atoms with E-state index in [4.69, 9.17) is 11.6 Å². The van der Waals surface area contributed by atoms with Crippen LogP contribution in [0.4, 0.5) is 0 Å². The predicted octanol–water partition coefficient (Wildman–Crippen LogP) is 3.64. The zero-order chi connectivity index (χ0) is 13.4. The number of rotatable bonds is 9. The molecule has 0 saturated heterocycles. The molecule has 0 radical (unpaired) electrons. The highest BCUT2D eigenvalue weighted by atomic mass is 35.5. The maximum atomic E-state index is 6.11. The first kappa shape index (κ1) is 15.9. The molecule has 0 bridgehead atoms. The van der Waals surface area contributed by atoms with Crippen molar-refractivity contribution >= 4 is 23.4 Å². The van der Waals surface area contributed by atoms with E-state index in [2.05, 4.69) is 35.4 Å². The quantitative estimate of drug-likeness (QED) is 0.682. The van der Waals surface area contributed by atoms with E-state index < -0.39 is 0 Å². The maximum Gasteiger partial charge on any atom is 0.151 e. The highest BCUT2D eigenvalue weighted by Gasteiger charge is 2.07. The van der Waals surface area contributed by atoms with E-state index >= 15 is 0 Å². The predicted molar refractivity (Wildman–Crippen MR) is 81.5 cm³/mol. The summed E-state index contributed by atoms with van der Waals surface area (Å²) in [6, 6.07) is 0. The minimum absolute atomic E-state index is 0.617. The number of aryl methyl sites for hydroxylation is 1. The molecule has 1 unspecified atom stereocenters. The molecule has 104 valence electrons. The smallest absolute Gasteiger partial charge is 0.151 e. The number of nitrogens with zero attached hydrogens (tertiary/aromatic N) is 1. The summed E-state index contributed by atoms with van der Waals surface area (Å²) in [7, 11) is 0. The molecule has 0 aliphatic heterocycles. The number of H-pyrrole nitrogens is 1. The van der Waals surface area contributed by atoms with Crippen molar-refractivity contribution in [3.8, 4) is 0 Å². The summed E-state index contributed by atoms with van der Waals surface area (Å²) in [5.41, 5.74) is 1.01. The summed E-state index contributed by atoms with van der Waals surface area (Å²) in [6.45, 7) is 6.22. The molecule has 1 heterocycles. The summed E-state index contributed by atoms with van der Waals surface area (Å²) < 4.78 is 0. The lowest BCUT2D eigenvalue weighted by Crippen LogP contribution is -2.18. The van der Waals surface area contributed by atoms with Gasteiger partial charge < -0.3 is 10.3 Å². The van der Waals surface area contributed by atoms with Crippen molar-refractivity contribution in [1.82, 2.24) is 15.3 Å². The molecule has 1 rings (SSSR count). The van der Waals surface area contributed by atoms with E-state index in [1.54, 1.807) is 0 Å². The van der Waals surface area contributed by atoms with Crippen LogP contribution in [0.15, 0.2) is 0 Å². The molecule has 0 aromatic carbocycles. The van der Waals surface area contributed by atoms with Crippen molar-refractivity contribution < 1.29 is 0 Å². The van der Waals surface area contributed by atoms with Gasteiger partial charge in [0.05, 0.1) is 5.69 Å². The van der Waals surface area contributed by atoms with Crippen LogP contribution < -0.4 is 5.32 Å². The minimum atomic E-state index is 0.617. The first-order chi connectivity index (χ1) is 8.67. The van der Waals surface area contributed by atoms with Crippen LogP contribution in [0.25, 0.3) is 0 Å². The molecule has 1 aromatic heterocycles. The third kappa shape index (κ3) is 5.63. The molecule has 0 spiro atoms. The number of halogens is 1. The van der Waals surface area contributed by atoms with Gasteiger partial charge in [-0.3, -0.25) is 0 Å². The molecule has 18 heavy (non-hydrogen) atoms. The van der Waals surface area contributed by atoms with Gasteiger partial charge in [-0.25, -0.2) is 4.98 Å². The molecular weight excluding hydrogens is 266 g/mol. The lowest BCUT2D eigenvalue weighted by atomic mass is 10.2. The van der Waals surface area contributed by atoms with Gasteiger partial charge in [0.25, 0.3) is 0 Å². The monoisotopic (exact) mass is 289 g/mol. The Morgan fingerprint density at radius 2 is 2.28 bits per heavy atom. The van der Waals surface area contributed by atoms with Gasteiger partial charge in [0.15, 0.2) is 5.15 Å². The first-order valence-corrected chi connectivity index (χ1v) is 8.30. The minimum Gasteiger partial charge on any atom is -0.344 e. The molecule has 1 aromatic rings. The third-order valence-electron chi connectivity index (χ3n) is 2.98. The second-order valence-electron chi connectivity index (χ2n) is 4.57. The Kier molecular flexibility index (Phi) is 7.79. The van der Waals surface area contributed by atoms with E-state index in [0.29, 0.717) is 10.4 Å². The van der Waals surface area contributed by atoms with Crippen LogP contribution >= 0.6 is 23.4 Å². The summed E-state index contributed by atoms with van der Waals surface area (Å²) >= 11 is 8.01. The van der Waals surface area contributed by atoms with Crippen LogP contribution in [0.2, 0.25) is 5.15 Å². The number of aromatic nitrogens is 2. The largest absolute Gasteiger partial charge is 0.344 e. The number of unbranched alkanes of at least 4 members (excludes halogenated alkanes) is 1. The lowest BCUT2D eigenvalue weighted by Gasteiger charge is -2.08. The topological polar surface area (TPSA) is 40.7 Å². The Labute approximate surface area is 119 Å². The van der Waals surface area contributed by atoms with Crippen molar-refractivity contribution in [2.24, 2.45) is 0 Å². The van der Waals surface area contributed by atoms with Crippen LogP contribution in [0, 0.1) is 0 Å². The normalized spacial score (nSPS) is 12.9. The summed E-state index contributed by atoms with van der Waals surface area (Å²) in [6.07, 6.45) is 6.65. The average Bonchev–Trinajstić information content (AvgIpc) is 2.72. The molecule has 0 aliphatic carbocycles. The second-order valence-corrected chi connectivity index (χ2v) is 6.20. The highest BCUT2D eigenvalue weighted by molar-refractivity contribution is 7.99. The van der Waals surface area contributed by atoms with Crippen LogP contribution in [0.3, 0.4) is 0 Å². The van der Waals surface area contributed by atoms with Crippen molar-refractivity contribution in [3.05, 3.63) is 16.7 Å². The molecule has 2 N–H and O–H groups in total. The van der Waals surface area contributed by atoms with Gasteiger partial charge in [-0.15, -0.1) is 0 Å². The van der Waals surface area contributed by atoms with Crippen molar-refractivity contribution in [1.29, 1.82) is 0 Å². The number of thioether (sulfide) groups is 1. The fraction of sp³-hybridized carbons (Fsp3) is 0.769. The molecular formula is C13H24ClN3S. The second kappa shape index (κ2) is 8.83. The van der Waals surface area contributed by atoms with Crippen molar-refractivity contribution in [3.63, 3.8) is 0 Å². The molecule has 3 nitrogen and oxygen atoms in total. The zero-order valence-corrected chi connectivity index (χ0v) is 13.1. The molecule has 5 heteroatoms. The van der Waals surface area contributed by atoms with Crippen LogP contribution in [0.1, 0.15) is 44.6 Å². The first-order valence-electron chi connectivity index (χ1n) is 6.64. The van der Waals surface area contributed by atoms with Gasteiger partial charge in [0, 0.05) is 18.2 Å². The van der Waals surface area contributed by atoms with E-state index in [-0.39, 0.29) is 0 Å². The lowest BCUT2D eigenvalue weighted by molar-refractivity contribution is 0.639. The summed E-state index contributed by atoms with van der Waals surface area (Å²) in [5.74, 6) is 1.01. The van der Waals surface area contributed by atoms with Gasteiger partial charge in [0.1, 0.15) is 5.82 Å². The molecule has 0 fully saturated rings. The van der Waals surface area contributed by atoms with Crippen LogP contribution in [-0.2, 0) is 13.0 Å². The van der Waals surface area contributed by atoms with Crippen molar-refractivity contribution in [2.75, 3.05) is 12.8 Å². The molecule has 0 amide bonds. The van der Waals surface area contributed by atoms with E-state index in [1.165, 1.54) is 12.8 Å². The van der Waals surface area contributed by atoms with Gasteiger partial charge in [0.2, 0.25) is 0 Å². The summed E-state index contributed by atoms with van der Waals surface area (Å²) in [5, 5.41) is 4.73. The summed E-state index contributed by atoms with van der Waals surface area (Å²) in [4.78, 5) is 7.65. The van der Waals surface area contributed by atoms with Crippen molar-refractivity contribution in [2.45, 2.75) is 51.3 Å². The number of aromatic amines is 1. The SMILES string of the molecule is CCCCc1nc(Cl)c(CNCCC(C)SC)[nH]1. The Morgan fingerprint density at radius 3 is 2.94 bits per heavy atom. The van der Waals surface area contributed by atoms with Gasteiger partial charge >= 0.3 is 0 Å². The average molecular weight is 290 g/mol. The Balaban J connectivity index is 2.31. The number of imidazole rings is 1. The molecule has 0 aliphatic rings. The fourth-order valence-electron chi connectivity index (χ4n) is 1.66. The van der Waals surface area contributed by atoms with Crippen LogP contribution in [0.5, 0.6) is 0 Å².